The molecule has 0 aliphatic carbocycles. The summed E-state index contributed by atoms with van der Waals surface area (Å²) in [6.45, 7) is 2.74. The van der Waals surface area contributed by atoms with Crippen molar-refractivity contribution >= 4 is 27.5 Å². The lowest BCUT2D eigenvalue weighted by molar-refractivity contribution is -0.139. The number of methoxy groups -OCH3 is 1. The van der Waals surface area contributed by atoms with Crippen molar-refractivity contribution in [3.63, 3.8) is 0 Å². The molecular weight excluding hydrogens is 462 g/mol. The van der Waals surface area contributed by atoms with Gasteiger partial charge in [-0.1, -0.05) is 12.1 Å². The van der Waals surface area contributed by atoms with Crippen molar-refractivity contribution in [2.24, 2.45) is 0 Å². The molecule has 2 aromatic carbocycles. The van der Waals surface area contributed by atoms with Gasteiger partial charge < -0.3 is 24.4 Å². The number of ether oxygens (including phenoxy) is 3. The van der Waals surface area contributed by atoms with Crippen LogP contribution in [-0.2, 0) is 26.2 Å². The van der Waals surface area contributed by atoms with Gasteiger partial charge in [0.15, 0.2) is 11.5 Å². The second-order valence-corrected chi connectivity index (χ2v) is 9.79. The van der Waals surface area contributed by atoms with Gasteiger partial charge in [-0.3, -0.25) is 13.9 Å². The topological polar surface area (TPSA) is 114 Å². The van der Waals surface area contributed by atoms with Crippen LogP contribution in [0.15, 0.2) is 42.5 Å². The van der Waals surface area contributed by atoms with Crippen molar-refractivity contribution in [1.82, 2.24) is 10.2 Å². The Morgan fingerprint density at radius 1 is 1.15 bits per heavy atom. The van der Waals surface area contributed by atoms with E-state index in [1.807, 2.05) is 0 Å². The molecule has 0 radical (unpaired) electrons. The van der Waals surface area contributed by atoms with Crippen molar-refractivity contribution < 1.29 is 32.2 Å². The van der Waals surface area contributed by atoms with Crippen LogP contribution >= 0.6 is 0 Å². The normalized spacial score (nSPS) is 13.2. The predicted octanol–water partition coefficient (Wildman–Crippen LogP) is 1.74. The quantitative estimate of drug-likeness (QED) is 0.538. The van der Waals surface area contributed by atoms with Crippen molar-refractivity contribution in [3.8, 4) is 17.2 Å². The minimum Gasteiger partial charge on any atom is -0.497 e. The molecule has 11 heteroatoms. The molecular formula is C23H29N3O7S. The van der Waals surface area contributed by atoms with Crippen LogP contribution in [0.3, 0.4) is 0 Å². The number of rotatable bonds is 10. The number of anilines is 1. The molecule has 2 amide bonds. The van der Waals surface area contributed by atoms with Gasteiger partial charge in [-0.2, -0.15) is 0 Å². The first kappa shape index (κ1) is 25.2. The van der Waals surface area contributed by atoms with E-state index in [-0.39, 0.29) is 30.7 Å². The standard InChI is InChI=1S/C23H29N3O7S/c1-5-34(29,30)26(18-9-10-20-21(12-18)33-15-32-20)14-22(27)25(16(2)23(28)24-3)13-17-7-6-8-19(11-17)31-4/h6-12,16H,5,13-15H2,1-4H3,(H,24,28)/t16-/m0/s1. The third kappa shape index (κ3) is 5.53. The Balaban J connectivity index is 1.94. The molecule has 184 valence electrons. The lowest BCUT2D eigenvalue weighted by Crippen LogP contribution is -2.50. The number of hydrogen-bond donors (Lipinski definition) is 1. The van der Waals surface area contributed by atoms with Crippen molar-refractivity contribution in [2.45, 2.75) is 26.4 Å². The SMILES string of the molecule is CCS(=O)(=O)N(CC(=O)N(Cc1cccc(OC)c1)[C@@H](C)C(=O)NC)c1ccc2c(c1)OCO2. The summed E-state index contributed by atoms with van der Waals surface area (Å²) in [7, 11) is -0.810. The molecule has 10 nitrogen and oxygen atoms in total. The van der Waals surface area contributed by atoms with Gasteiger partial charge in [-0.25, -0.2) is 8.42 Å². The predicted molar refractivity (Wildman–Crippen MR) is 126 cm³/mol. The molecule has 1 aliphatic heterocycles. The molecule has 0 saturated heterocycles. The molecule has 1 aliphatic rings. The van der Waals surface area contributed by atoms with Gasteiger partial charge in [-0.15, -0.1) is 0 Å². The third-order valence-electron chi connectivity index (χ3n) is 5.52. The smallest absolute Gasteiger partial charge is 0.244 e. The molecule has 0 bridgehead atoms. The van der Waals surface area contributed by atoms with E-state index in [0.29, 0.717) is 17.2 Å². The summed E-state index contributed by atoms with van der Waals surface area (Å²) in [5, 5.41) is 2.54. The summed E-state index contributed by atoms with van der Waals surface area (Å²) in [6.07, 6.45) is 0. The Labute approximate surface area is 199 Å². The van der Waals surface area contributed by atoms with E-state index in [9.17, 15) is 18.0 Å². The van der Waals surface area contributed by atoms with E-state index >= 15 is 0 Å². The van der Waals surface area contributed by atoms with Gasteiger partial charge in [0.2, 0.25) is 28.6 Å². The van der Waals surface area contributed by atoms with Gasteiger partial charge in [0.05, 0.1) is 18.6 Å². The largest absolute Gasteiger partial charge is 0.497 e. The average molecular weight is 492 g/mol. The lowest BCUT2D eigenvalue weighted by atomic mass is 10.1. The summed E-state index contributed by atoms with van der Waals surface area (Å²) in [5.74, 6) is 0.381. The fourth-order valence-corrected chi connectivity index (χ4v) is 4.57. The maximum Gasteiger partial charge on any atom is 0.244 e. The molecule has 0 saturated carbocycles. The van der Waals surface area contributed by atoms with Crippen LogP contribution in [0.2, 0.25) is 0 Å². The third-order valence-corrected chi connectivity index (χ3v) is 7.27. The summed E-state index contributed by atoms with van der Waals surface area (Å²) in [5.41, 5.74) is 1.00. The Hall–Kier alpha value is -3.47. The number of nitrogens with one attached hydrogen (secondary N) is 1. The number of carbonyl (C=O) groups excluding carboxylic acids is 2. The molecule has 1 heterocycles. The molecule has 1 atom stereocenters. The minimum absolute atomic E-state index is 0.0379. The Morgan fingerprint density at radius 3 is 2.56 bits per heavy atom. The number of benzene rings is 2. The Morgan fingerprint density at radius 2 is 1.88 bits per heavy atom. The molecule has 1 N–H and O–H groups in total. The first-order chi connectivity index (χ1) is 16.2. The van der Waals surface area contributed by atoms with Crippen molar-refractivity contribution in [1.29, 1.82) is 0 Å². The van der Waals surface area contributed by atoms with Crippen LogP contribution in [0.4, 0.5) is 5.69 Å². The van der Waals surface area contributed by atoms with Gasteiger partial charge >= 0.3 is 0 Å². The van der Waals surface area contributed by atoms with E-state index in [0.717, 1.165) is 9.87 Å². The lowest BCUT2D eigenvalue weighted by Gasteiger charge is -2.31. The number of amides is 2. The summed E-state index contributed by atoms with van der Waals surface area (Å²) < 4.78 is 42.8. The Bertz CT molecular complexity index is 1150. The van der Waals surface area contributed by atoms with Gasteiger partial charge in [0.1, 0.15) is 18.3 Å². The molecule has 0 fully saturated rings. The zero-order valence-electron chi connectivity index (χ0n) is 19.6. The van der Waals surface area contributed by atoms with Crippen LogP contribution in [0.1, 0.15) is 19.4 Å². The Kier molecular flexibility index (Phi) is 7.87. The van der Waals surface area contributed by atoms with Gasteiger partial charge in [0, 0.05) is 19.7 Å². The zero-order valence-corrected chi connectivity index (χ0v) is 20.4. The first-order valence-electron chi connectivity index (χ1n) is 10.7. The zero-order chi connectivity index (χ0) is 24.9. The number of sulfonamides is 1. The second-order valence-electron chi connectivity index (χ2n) is 7.61. The van der Waals surface area contributed by atoms with E-state index in [2.05, 4.69) is 5.32 Å². The summed E-state index contributed by atoms with van der Waals surface area (Å²) in [6, 6.07) is 11.0. The fourth-order valence-electron chi connectivity index (χ4n) is 3.52. The van der Waals surface area contributed by atoms with Crippen molar-refractivity contribution in [3.05, 3.63) is 48.0 Å². The average Bonchev–Trinajstić information content (AvgIpc) is 3.32. The maximum atomic E-state index is 13.5. The monoisotopic (exact) mass is 491 g/mol. The molecule has 2 aromatic rings. The fraction of sp³-hybridized carbons (Fsp3) is 0.391. The number of fused-ring (bicyclic) bond motifs is 1. The molecule has 0 aromatic heterocycles. The number of nitrogens with zero attached hydrogens (tertiary/aromatic N) is 2. The molecule has 3 rings (SSSR count). The van der Waals surface area contributed by atoms with Crippen LogP contribution in [0, 0.1) is 0 Å². The highest BCUT2D eigenvalue weighted by atomic mass is 32.2. The van der Waals surface area contributed by atoms with Crippen LogP contribution < -0.4 is 23.8 Å². The minimum atomic E-state index is -3.83. The van der Waals surface area contributed by atoms with E-state index in [1.54, 1.807) is 43.3 Å². The van der Waals surface area contributed by atoms with E-state index in [4.69, 9.17) is 14.2 Å². The molecule has 34 heavy (non-hydrogen) atoms. The number of hydrogen-bond acceptors (Lipinski definition) is 7. The number of likely N-dealkylation sites (N-methyl/N-ethyl adjacent to an activating group) is 1. The highest BCUT2D eigenvalue weighted by molar-refractivity contribution is 7.92. The van der Waals surface area contributed by atoms with Gasteiger partial charge in [-0.05, 0) is 43.7 Å². The van der Waals surface area contributed by atoms with Gasteiger partial charge in [0.25, 0.3) is 0 Å². The summed E-state index contributed by atoms with van der Waals surface area (Å²) in [4.78, 5) is 27.3. The van der Waals surface area contributed by atoms with Crippen LogP contribution in [0.5, 0.6) is 17.2 Å². The molecule has 0 spiro atoms. The second kappa shape index (κ2) is 10.6. The van der Waals surface area contributed by atoms with Crippen LogP contribution in [-0.4, -0.2) is 64.4 Å². The summed E-state index contributed by atoms with van der Waals surface area (Å²) >= 11 is 0. The van der Waals surface area contributed by atoms with E-state index in [1.165, 1.54) is 32.0 Å². The molecule has 0 unspecified atom stereocenters. The highest BCUT2D eigenvalue weighted by Gasteiger charge is 2.31. The highest BCUT2D eigenvalue weighted by Crippen LogP contribution is 2.36. The van der Waals surface area contributed by atoms with Crippen LogP contribution in [0.25, 0.3) is 0 Å². The first-order valence-corrected chi connectivity index (χ1v) is 12.3. The van der Waals surface area contributed by atoms with E-state index < -0.39 is 28.5 Å². The number of carbonyl (C=O) groups is 2. The maximum absolute atomic E-state index is 13.5. The van der Waals surface area contributed by atoms with Crippen molar-refractivity contribution in [2.75, 3.05) is 37.6 Å².